The molecule has 1 aliphatic rings. The van der Waals surface area contributed by atoms with E-state index in [1.165, 1.54) is 0 Å². The molecule has 2 aromatic carbocycles. The van der Waals surface area contributed by atoms with Crippen molar-refractivity contribution in [3.8, 4) is 5.75 Å². The minimum absolute atomic E-state index is 0.0588. The van der Waals surface area contributed by atoms with Crippen LogP contribution in [0.25, 0.3) is 0 Å². The van der Waals surface area contributed by atoms with Crippen LogP contribution in [0.5, 0.6) is 5.75 Å². The maximum atomic E-state index is 13.2. The third kappa shape index (κ3) is 3.15. The quantitative estimate of drug-likeness (QED) is 0.721. The van der Waals surface area contributed by atoms with E-state index in [1.54, 1.807) is 11.2 Å². The first-order valence-corrected chi connectivity index (χ1v) is 8.36. The molecule has 0 radical (unpaired) electrons. The van der Waals surface area contributed by atoms with E-state index in [1.807, 2.05) is 67.6 Å². The fourth-order valence-electron chi connectivity index (χ4n) is 3.07. The number of hydrogen-bond donors (Lipinski definition) is 0. The average molecular weight is 333 g/mol. The Morgan fingerprint density at radius 2 is 1.88 bits per heavy atom. The lowest BCUT2D eigenvalue weighted by Crippen LogP contribution is -2.41. The predicted octanol–water partition coefficient (Wildman–Crippen LogP) is 4.12. The standard InChI is InChI=1S/C21H19NO3/c1-15-8-10-17(11-9-15)22(14-18-6-4-12-24-18)21(23)20-13-16-5-2-3-7-19(16)25-20/h2-12,20H,13-14H2,1H3. The Morgan fingerprint density at radius 1 is 1.08 bits per heavy atom. The zero-order valence-electron chi connectivity index (χ0n) is 14.0. The lowest BCUT2D eigenvalue weighted by Gasteiger charge is -2.25. The summed E-state index contributed by atoms with van der Waals surface area (Å²) in [4.78, 5) is 14.9. The van der Waals surface area contributed by atoms with Crippen LogP contribution < -0.4 is 9.64 Å². The van der Waals surface area contributed by atoms with Crippen molar-refractivity contribution in [1.29, 1.82) is 0 Å². The molecular formula is C21H19NO3. The third-order valence-corrected chi connectivity index (χ3v) is 4.43. The van der Waals surface area contributed by atoms with Crippen LogP contribution in [0.3, 0.4) is 0 Å². The monoisotopic (exact) mass is 333 g/mol. The highest BCUT2D eigenvalue weighted by Gasteiger charge is 2.33. The molecule has 0 bridgehead atoms. The molecule has 4 rings (SSSR count). The number of fused-ring (bicyclic) bond motifs is 1. The average Bonchev–Trinajstić information content (AvgIpc) is 3.29. The number of para-hydroxylation sites is 1. The lowest BCUT2D eigenvalue weighted by molar-refractivity contribution is -0.124. The molecule has 126 valence electrons. The van der Waals surface area contributed by atoms with Gasteiger partial charge in [0.25, 0.3) is 5.91 Å². The minimum atomic E-state index is -0.506. The number of nitrogens with zero attached hydrogens (tertiary/aromatic N) is 1. The highest BCUT2D eigenvalue weighted by Crippen LogP contribution is 2.30. The summed E-state index contributed by atoms with van der Waals surface area (Å²) in [6, 6.07) is 19.4. The van der Waals surface area contributed by atoms with Gasteiger partial charge in [-0.05, 0) is 42.8 Å². The second kappa shape index (κ2) is 6.48. The fraction of sp³-hybridized carbons (Fsp3) is 0.190. The minimum Gasteiger partial charge on any atom is -0.480 e. The number of carbonyl (C=O) groups is 1. The van der Waals surface area contributed by atoms with Gasteiger partial charge in [0.05, 0.1) is 12.8 Å². The van der Waals surface area contributed by atoms with Crippen LogP contribution in [-0.2, 0) is 17.8 Å². The number of aryl methyl sites for hydroxylation is 1. The molecule has 3 aromatic rings. The van der Waals surface area contributed by atoms with Crippen molar-refractivity contribution in [2.75, 3.05) is 4.90 Å². The van der Waals surface area contributed by atoms with E-state index < -0.39 is 6.10 Å². The summed E-state index contributed by atoms with van der Waals surface area (Å²) in [6.45, 7) is 2.41. The first-order chi connectivity index (χ1) is 12.2. The second-order valence-electron chi connectivity index (χ2n) is 6.26. The third-order valence-electron chi connectivity index (χ3n) is 4.43. The normalized spacial score (nSPS) is 15.5. The number of anilines is 1. The van der Waals surface area contributed by atoms with Crippen LogP contribution in [-0.4, -0.2) is 12.0 Å². The van der Waals surface area contributed by atoms with E-state index in [9.17, 15) is 4.79 Å². The molecule has 0 aliphatic carbocycles. The Kier molecular flexibility index (Phi) is 4.02. The molecule has 0 saturated carbocycles. The number of ether oxygens (including phenoxy) is 1. The molecule has 4 nitrogen and oxygen atoms in total. The van der Waals surface area contributed by atoms with Crippen LogP contribution in [0.2, 0.25) is 0 Å². The molecule has 0 N–H and O–H groups in total. The molecule has 0 spiro atoms. The van der Waals surface area contributed by atoms with E-state index in [0.29, 0.717) is 13.0 Å². The number of carbonyl (C=O) groups excluding carboxylic acids is 1. The molecule has 0 saturated heterocycles. The van der Waals surface area contributed by atoms with Crippen LogP contribution in [0.15, 0.2) is 71.3 Å². The Morgan fingerprint density at radius 3 is 2.60 bits per heavy atom. The van der Waals surface area contributed by atoms with Gasteiger partial charge >= 0.3 is 0 Å². The molecule has 4 heteroatoms. The second-order valence-corrected chi connectivity index (χ2v) is 6.26. The number of furan rings is 1. The highest BCUT2D eigenvalue weighted by molar-refractivity contribution is 5.97. The fourth-order valence-corrected chi connectivity index (χ4v) is 3.07. The molecule has 1 aromatic heterocycles. The Hall–Kier alpha value is -3.01. The van der Waals surface area contributed by atoms with Gasteiger partial charge in [0.15, 0.2) is 6.10 Å². The Labute approximate surface area is 146 Å². The highest BCUT2D eigenvalue weighted by atomic mass is 16.5. The van der Waals surface area contributed by atoms with E-state index in [-0.39, 0.29) is 5.91 Å². The van der Waals surface area contributed by atoms with E-state index >= 15 is 0 Å². The molecule has 0 fully saturated rings. The van der Waals surface area contributed by atoms with Gasteiger partial charge in [-0.15, -0.1) is 0 Å². The number of benzene rings is 2. The number of amides is 1. The van der Waals surface area contributed by atoms with Crippen molar-refractivity contribution >= 4 is 11.6 Å². The summed E-state index contributed by atoms with van der Waals surface area (Å²) >= 11 is 0. The number of hydrogen-bond acceptors (Lipinski definition) is 3. The molecule has 1 amide bonds. The smallest absolute Gasteiger partial charge is 0.268 e. The molecule has 1 unspecified atom stereocenters. The summed E-state index contributed by atoms with van der Waals surface area (Å²) < 4.78 is 11.3. The molecule has 1 aliphatic heterocycles. The van der Waals surface area contributed by atoms with Gasteiger partial charge in [0.2, 0.25) is 0 Å². The van der Waals surface area contributed by atoms with Crippen molar-refractivity contribution in [3.05, 3.63) is 83.8 Å². The zero-order chi connectivity index (χ0) is 17.2. The van der Waals surface area contributed by atoms with Gasteiger partial charge in [-0.1, -0.05) is 35.9 Å². The summed E-state index contributed by atoms with van der Waals surface area (Å²) in [6.07, 6.45) is 1.71. The largest absolute Gasteiger partial charge is 0.480 e. The van der Waals surface area contributed by atoms with Gasteiger partial charge in [-0.2, -0.15) is 0 Å². The van der Waals surface area contributed by atoms with Gasteiger partial charge in [0, 0.05) is 12.1 Å². The van der Waals surface area contributed by atoms with Crippen molar-refractivity contribution in [3.63, 3.8) is 0 Å². The summed E-state index contributed by atoms with van der Waals surface area (Å²) in [5.74, 6) is 1.48. The summed E-state index contributed by atoms with van der Waals surface area (Å²) in [5.41, 5.74) is 3.06. The topological polar surface area (TPSA) is 42.7 Å². The van der Waals surface area contributed by atoms with Crippen molar-refractivity contribution in [1.82, 2.24) is 0 Å². The van der Waals surface area contributed by atoms with Crippen LogP contribution >= 0.6 is 0 Å². The van der Waals surface area contributed by atoms with Crippen LogP contribution in [0.1, 0.15) is 16.9 Å². The van der Waals surface area contributed by atoms with E-state index in [4.69, 9.17) is 9.15 Å². The van der Waals surface area contributed by atoms with Gasteiger partial charge in [-0.25, -0.2) is 0 Å². The summed E-state index contributed by atoms with van der Waals surface area (Å²) in [5, 5.41) is 0. The first-order valence-electron chi connectivity index (χ1n) is 8.36. The van der Waals surface area contributed by atoms with Gasteiger partial charge < -0.3 is 14.1 Å². The maximum absolute atomic E-state index is 13.2. The van der Waals surface area contributed by atoms with E-state index in [2.05, 4.69) is 0 Å². The van der Waals surface area contributed by atoms with E-state index in [0.717, 1.165) is 28.3 Å². The SMILES string of the molecule is Cc1ccc(N(Cc2ccco2)C(=O)C2Cc3ccccc3O2)cc1. The summed E-state index contributed by atoms with van der Waals surface area (Å²) in [7, 11) is 0. The van der Waals surface area contributed by atoms with Gasteiger partial charge in [-0.3, -0.25) is 4.79 Å². The van der Waals surface area contributed by atoms with Crippen molar-refractivity contribution in [2.24, 2.45) is 0 Å². The number of rotatable bonds is 4. The predicted molar refractivity (Wildman–Crippen MR) is 95.6 cm³/mol. The molecular weight excluding hydrogens is 314 g/mol. The van der Waals surface area contributed by atoms with Crippen LogP contribution in [0.4, 0.5) is 5.69 Å². The van der Waals surface area contributed by atoms with Gasteiger partial charge in [0.1, 0.15) is 11.5 Å². The molecule has 2 heterocycles. The van der Waals surface area contributed by atoms with Crippen LogP contribution in [0, 0.1) is 6.92 Å². The zero-order valence-corrected chi connectivity index (χ0v) is 14.0. The van der Waals surface area contributed by atoms with Crippen molar-refractivity contribution in [2.45, 2.75) is 26.0 Å². The Bertz CT molecular complexity index is 843. The molecule has 1 atom stereocenters. The Balaban J connectivity index is 1.61. The van der Waals surface area contributed by atoms with Crippen molar-refractivity contribution < 1.29 is 13.9 Å². The lowest BCUT2D eigenvalue weighted by atomic mass is 10.1. The first kappa shape index (κ1) is 15.5. The molecule has 25 heavy (non-hydrogen) atoms. The maximum Gasteiger partial charge on any atom is 0.268 e.